The number of rotatable bonds is 8. The van der Waals surface area contributed by atoms with Crippen LogP contribution in [0.3, 0.4) is 0 Å². The SMILES string of the molecule is CCN1CCN(c2ccc(Nc3ncc(C(F)(F)F)c(NCc4cccc5c4C(C)(C)C(=O)N5C)n3)c(OC)c2)CC1. The fraction of sp³-hybridized carbons (Fsp3) is 0.433. The van der Waals surface area contributed by atoms with Gasteiger partial charge in [0, 0.05) is 63.4 Å². The van der Waals surface area contributed by atoms with E-state index in [0.29, 0.717) is 17.0 Å². The van der Waals surface area contributed by atoms with Crippen molar-refractivity contribution in [3.8, 4) is 5.75 Å². The van der Waals surface area contributed by atoms with E-state index in [9.17, 15) is 18.0 Å². The molecule has 5 rings (SSSR count). The Hall–Kier alpha value is -4.06. The number of carbonyl (C=O) groups is 1. The number of anilines is 5. The Morgan fingerprint density at radius 3 is 2.50 bits per heavy atom. The third-order valence-corrected chi connectivity index (χ3v) is 8.11. The van der Waals surface area contributed by atoms with E-state index in [1.54, 1.807) is 25.1 Å². The minimum atomic E-state index is -4.67. The maximum atomic E-state index is 13.9. The van der Waals surface area contributed by atoms with Gasteiger partial charge >= 0.3 is 6.18 Å². The first-order valence-corrected chi connectivity index (χ1v) is 13.9. The van der Waals surface area contributed by atoms with Crippen molar-refractivity contribution < 1.29 is 22.7 Å². The van der Waals surface area contributed by atoms with Gasteiger partial charge in [0.15, 0.2) is 0 Å². The van der Waals surface area contributed by atoms with Crippen LogP contribution in [0.4, 0.5) is 42.0 Å². The highest BCUT2D eigenvalue weighted by Crippen LogP contribution is 2.43. The van der Waals surface area contributed by atoms with Gasteiger partial charge in [0.25, 0.3) is 0 Å². The van der Waals surface area contributed by atoms with Crippen LogP contribution < -0.4 is 25.2 Å². The van der Waals surface area contributed by atoms with Gasteiger partial charge in [-0.2, -0.15) is 18.2 Å². The van der Waals surface area contributed by atoms with Crippen LogP contribution in [0.2, 0.25) is 0 Å². The first-order valence-electron chi connectivity index (χ1n) is 13.9. The molecule has 2 aliphatic rings. The monoisotopic (exact) mass is 583 g/mol. The summed E-state index contributed by atoms with van der Waals surface area (Å²) in [6.07, 6.45) is -3.90. The average molecular weight is 584 g/mol. The van der Waals surface area contributed by atoms with Crippen molar-refractivity contribution in [3.63, 3.8) is 0 Å². The largest absolute Gasteiger partial charge is 0.494 e. The second-order valence-corrected chi connectivity index (χ2v) is 11.0. The van der Waals surface area contributed by atoms with Gasteiger partial charge in [0.1, 0.15) is 17.1 Å². The molecule has 1 fully saturated rings. The molecule has 0 radical (unpaired) electrons. The van der Waals surface area contributed by atoms with Crippen LogP contribution in [0.15, 0.2) is 42.6 Å². The third kappa shape index (κ3) is 5.55. The van der Waals surface area contributed by atoms with Crippen molar-refractivity contribution in [2.75, 3.05) is 67.3 Å². The van der Waals surface area contributed by atoms with Gasteiger partial charge in [-0.25, -0.2) is 4.98 Å². The van der Waals surface area contributed by atoms with E-state index in [1.807, 2.05) is 44.2 Å². The molecule has 0 saturated carbocycles. The molecule has 1 aromatic heterocycles. The predicted molar refractivity (Wildman–Crippen MR) is 158 cm³/mol. The zero-order valence-electron chi connectivity index (χ0n) is 24.5. The van der Waals surface area contributed by atoms with Crippen molar-refractivity contribution in [2.24, 2.45) is 0 Å². The highest BCUT2D eigenvalue weighted by Gasteiger charge is 2.43. The van der Waals surface area contributed by atoms with Crippen molar-refractivity contribution in [1.29, 1.82) is 0 Å². The number of hydrogen-bond donors (Lipinski definition) is 2. The van der Waals surface area contributed by atoms with E-state index in [4.69, 9.17) is 4.74 Å². The number of nitrogens with one attached hydrogen (secondary N) is 2. The van der Waals surface area contributed by atoms with Crippen LogP contribution in [0.1, 0.15) is 37.5 Å². The maximum absolute atomic E-state index is 13.9. The molecule has 12 heteroatoms. The second-order valence-electron chi connectivity index (χ2n) is 11.0. The van der Waals surface area contributed by atoms with Crippen LogP contribution in [-0.2, 0) is 22.9 Å². The van der Waals surface area contributed by atoms with E-state index < -0.39 is 17.2 Å². The molecule has 3 aromatic rings. The molecule has 0 unspecified atom stereocenters. The fourth-order valence-electron chi connectivity index (χ4n) is 5.76. The number of likely N-dealkylation sites (N-methyl/N-ethyl adjacent to an activating group) is 2. The first kappa shape index (κ1) is 29.4. The van der Waals surface area contributed by atoms with Crippen molar-refractivity contribution in [1.82, 2.24) is 14.9 Å². The van der Waals surface area contributed by atoms with E-state index in [1.165, 1.54) is 0 Å². The van der Waals surface area contributed by atoms with Crippen LogP contribution in [0, 0.1) is 0 Å². The lowest BCUT2D eigenvalue weighted by molar-refractivity contribution is -0.137. The molecule has 1 amide bonds. The van der Waals surface area contributed by atoms with Gasteiger partial charge in [0.05, 0.1) is 18.2 Å². The van der Waals surface area contributed by atoms with Crippen LogP contribution >= 0.6 is 0 Å². The fourth-order valence-corrected chi connectivity index (χ4v) is 5.76. The second kappa shape index (κ2) is 11.3. The zero-order chi connectivity index (χ0) is 30.2. The Morgan fingerprint density at radius 2 is 1.83 bits per heavy atom. The van der Waals surface area contributed by atoms with E-state index in [-0.39, 0.29) is 24.2 Å². The van der Waals surface area contributed by atoms with Crippen molar-refractivity contribution in [2.45, 2.75) is 38.9 Å². The number of methoxy groups -OCH3 is 1. The Balaban J connectivity index is 1.39. The number of carbonyl (C=O) groups excluding carboxylic acids is 1. The molecule has 0 aliphatic carbocycles. The summed E-state index contributed by atoms with van der Waals surface area (Å²) in [4.78, 5) is 27.2. The lowest BCUT2D eigenvalue weighted by atomic mass is 9.83. The maximum Gasteiger partial charge on any atom is 0.421 e. The number of amides is 1. The molecule has 2 N–H and O–H groups in total. The lowest BCUT2D eigenvalue weighted by Crippen LogP contribution is -2.46. The number of alkyl halides is 3. The van der Waals surface area contributed by atoms with Gasteiger partial charge in [0.2, 0.25) is 11.9 Å². The summed E-state index contributed by atoms with van der Waals surface area (Å²) in [5.74, 6) is 0.0797. The molecule has 3 heterocycles. The smallest absolute Gasteiger partial charge is 0.421 e. The summed E-state index contributed by atoms with van der Waals surface area (Å²) >= 11 is 0. The van der Waals surface area contributed by atoms with E-state index in [0.717, 1.165) is 55.9 Å². The molecule has 1 saturated heterocycles. The standard InChI is InChI=1S/C30H36F3N7O2/c1-6-39-12-14-40(15-13-39)20-10-11-22(24(16-20)42-5)36-28-35-18-21(30(31,32)33)26(37-28)34-17-19-8-7-9-23-25(19)29(2,3)27(41)38(23)4/h7-11,16,18H,6,12-15,17H2,1-5H3,(H2,34,35,36,37). The summed E-state index contributed by atoms with van der Waals surface area (Å²) in [6, 6.07) is 11.1. The van der Waals surface area contributed by atoms with Gasteiger partial charge in [-0.1, -0.05) is 19.1 Å². The summed E-state index contributed by atoms with van der Waals surface area (Å²) < 4.78 is 47.4. The molecule has 224 valence electrons. The third-order valence-electron chi connectivity index (χ3n) is 8.11. The number of nitrogens with zero attached hydrogens (tertiary/aromatic N) is 5. The molecule has 2 aliphatic heterocycles. The Kier molecular flexibility index (Phi) is 7.93. The quantitative estimate of drug-likeness (QED) is 0.372. The van der Waals surface area contributed by atoms with E-state index >= 15 is 0 Å². The van der Waals surface area contributed by atoms with Crippen LogP contribution in [0.25, 0.3) is 0 Å². The molecule has 0 spiro atoms. The summed E-state index contributed by atoms with van der Waals surface area (Å²) in [5.41, 5.74) is 1.99. The van der Waals surface area contributed by atoms with E-state index in [2.05, 4.69) is 37.3 Å². The van der Waals surface area contributed by atoms with Gasteiger partial charge in [-0.15, -0.1) is 0 Å². The normalized spacial score (nSPS) is 16.9. The van der Waals surface area contributed by atoms with Gasteiger partial charge < -0.3 is 30.1 Å². The summed E-state index contributed by atoms with van der Waals surface area (Å²) in [6.45, 7) is 10.6. The van der Waals surface area contributed by atoms with Crippen molar-refractivity contribution in [3.05, 3.63) is 59.3 Å². The van der Waals surface area contributed by atoms with Crippen LogP contribution in [-0.4, -0.2) is 67.7 Å². The molecular formula is C30H36F3N7O2. The Bertz CT molecular complexity index is 1470. The zero-order valence-corrected chi connectivity index (χ0v) is 24.5. The summed E-state index contributed by atoms with van der Waals surface area (Å²) in [5, 5.41) is 5.89. The molecule has 0 atom stereocenters. The number of halogens is 3. The minimum absolute atomic E-state index is 0.0124. The molecule has 0 bridgehead atoms. The molecular weight excluding hydrogens is 547 g/mol. The molecule has 9 nitrogen and oxygen atoms in total. The highest BCUT2D eigenvalue weighted by molar-refractivity contribution is 6.07. The van der Waals surface area contributed by atoms with Gasteiger partial charge in [-0.05, 0) is 49.7 Å². The van der Waals surface area contributed by atoms with Gasteiger partial charge in [-0.3, -0.25) is 4.79 Å². The molecule has 42 heavy (non-hydrogen) atoms. The number of aromatic nitrogens is 2. The number of hydrogen-bond acceptors (Lipinski definition) is 8. The minimum Gasteiger partial charge on any atom is -0.494 e. The number of ether oxygens (including phenoxy) is 1. The van der Waals surface area contributed by atoms with Crippen molar-refractivity contribution >= 4 is 34.7 Å². The van der Waals surface area contributed by atoms with Crippen LogP contribution in [0.5, 0.6) is 5.75 Å². The Labute approximate surface area is 243 Å². The number of benzene rings is 2. The Morgan fingerprint density at radius 1 is 1.10 bits per heavy atom. The molecule has 2 aromatic carbocycles. The highest BCUT2D eigenvalue weighted by atomic mass is 19.4. The average Bonchev–Trinajstić information content (AvgIpc) is 3.15. The number of piperazine rings is 1. The number of fused-ring (bicyclic) bond motifs is 1. The first-order chi connectivity index (χ1) is 19.9. The summed E-state index contributed by atoms with van der Waals surface area (Å²) in [7, 11) is 3.24. The topological polar surface area (TPSA) is 85.9 Å². The lowest BCUT2D eigenvalue weighted by Gasteiger charge is -2.35. The predicted octanol–water partition coefficient (Wildman–Crippen LogP) is 5.26.